The lowest BCUT2D eigenvalue weighted by Gasteiger charge is -2.03. The second kappa shape index (κ2) is 10.8. The van der Waals surface area contributed by atoms with Gasteiger partial charge in [0.1, 0.15) is 67.0 Å². The minimum atomic E-state index is 0.784. The minimum Gasteiger partial charge on any atom is -0.456 e. The quantitative estimate of drug-likeness (QED) is 0.174. The van der Waals surface area contributed by atoms with Crippen LogP contribution in [0.1, 0.15) is 0 Å². The van der Waals surface area contributed by atoms with E-state index in [9.17, 15) is 0 Å². The largest absolute Gasteiger partial charge is 0.456 e. The fourth-order valence-corrected chi connectivity index (χ4v) is 9.90. The van der Waals surface area contributed by atoms with Crippen molar-refractivity contribution in [3.05, 3.63) is 158 Å². The molecule has 0 N–H and O–H groups in total. The lowest BCUT2D eigenvalue weighted by molar-refractivity contribution is 0.662. The second-order valence-corrected chi connectivity index (χ2v) is 15.9. The molecule has 6 heteroatoms. The molecule has 9 aromatic carbocycles. The molecule has 0 aliphatic heterocycles. The first-order chi connectivity index (χ1) is 29.7. The monoisotopic (exact) mass is 770 g/mol. The maximum atomic E-state index is 6.71. The first kappa shape index (κ1) is 30.9. The Hall–Kier alpha value is -8.22. The Kier molecular flexibility index (Phi) is 5.57. The average molecular weight is 771 g/mol. The summed E-state index contributed by atoms with van der Waals surface area (Å²) in [6.07, 6.45) is 0. The summed E-state index contributed by atoms with van der Waals surface area (Å²) >= 11 is 0. The van der Waals surface area contributed by atoms with Crippen molar-refractivity contribution in [1.29, 1.82) is 0 Å². The van der Waals surface area contributed by atoms with Crippen molar-refractivity contribution >= 4 is 132 Å². The van der Waals surface area contributed by atoms with Gasteiger partial charge in [-0.05, 0) is 119 Å². The fourth-order valence-electron chi connectivity index (χ4n) is 9.90. The van der Waals surface area contributed by atoms with E-state index in [1.807, 2.05) is 48.5 Å². The van der Waals surface area contributed by atoms with Crippen molar-refractivity contribution in [3.8, 4) is 22.3 Å². The van der Waals surface area contributed by atoms with Crippen LogP contribution in [-0.2, 0) is 0 Å². The van der Waals surface area contributed by atoms with E-state index in [0.717, 1.165) is 154 Å². The molecule has 0 amide bonds. The summed E-state index contributed by atoms with van der Waals surface area (Å²) in [7, 11) is 0. The highest BCUT2D eigenvalue weighted by Crippen LogP contribution is 2.45. The van der Waals surface area contributed by atoms with Gasteiger partial charge in [-0.2, -0.15) is 0 Å². The standard InChI is InChI=1S/C54H26O6/c1-3-7-40-31(5-1)33-13-20-46-49(52(33)58-40)37-24-28(10-17-43(37)55-46)27-9-16-42-36(23-27)35-15-22-48-51(54(35)60-42)39-26-30(12-19-45(39)57-48)29-11-18-44-38(25-29)50-47(56-44)21-14-34-32-6-2-4-8-41(32)59-53(34)50/h1-26H. The number of hydrogen-bond donors (Lipinski definition) is 0. The summed E-state index contributed by atoms with van der Waals surface area (Å²) in [6.45, 7) is 0. The van der Waals surface area contributed by atoms with Crippen molar-refractivity contribution < 1.29 is 26.5 Å². The molecular formula is C54H26O6. The molecular weight excluding hydrogens is 745 g/mol. The van der Waals surface area contributed by atoms with E-state index in [1.54, 1.807) is 0 Å². The van der Waals surface area contributed by atoms with Gasteiger partial charge in [-0.25, -0.2) is 0 Å². The van der Waals surface area contributed by atoms with Crippen molar-refractivity contribution in [2.24, 2.45) is 0 Å². The summed E-state index contributed by atoms with van der Waals surface area (Å²) in [5.41, 5.74) is 14.2. The third-order valence-corrected chi connectivity index (χ3v) is 12.7. The summed E-state index contributed by atoms with van der Waals surface area (Å²) in [4.78, 5) is 0. The molecule has 0 fully saturated rings. The van der Waals surface area contributed by atoms with Crippen LogP contribution >= 0.6 is 0 Å². The van der Waals surface area contributed by atoms with Crippen LogP contribution in [0.3, 0.4) is 0 Å². The lowest BCUT2D eigenvalue weighted by Crippen LogP contribution is -1.79. The summed E-state index contributed by atoms with van der Waals surface area (Å²) in [5, 5.41) is 12.4. The van der Waals surface area contributed by atoms with E-state index < -0.39 is 0 Å². The van der Waals surface area contributed by atoms with Gasteiger partial charge in [0.05, 0.1) is 16.2 Å². The van der Waals surface area contributed by atoms with Crippen LogP contribution in [-0.4, -0.2) is 0 Å². The molecule has 0 atom stereocenters. The molecule has 0 saturated heterocycles. The first-order valence-corrected chi connectivity index (χ1v) is 20.0. The molecule has 0 spiro atoms. The highest BCUT2D eigenvalue weighted by Gasteiger charge is 2.21. The molecule has 0 saturated carbocycles. The molecule has 0 bridgehead atoms. The summed E-state index contributed by atoms with van der Waals surface area (Å²) in [6, 6.07) is 54.4. The van der Waals surface area contributed by atoms with Crippen molar-refractivity contribution in [2.45, 2.75) is 0 Å². The maximum Gasteiger partial charge on any atom is 0.147 e. The highest BCUT2D eigenvalue weighted by molar-refractivity contribution is 6.25. The van der Waals surface area contributed by atoms with E-state index >= 15 is 0 Å². The smallest absolute Gasteiger partial charge is 0.147 e. The Morgan fingerprint density at radius 1 is 0.200 bits per heavy atom. The Morgan fingerprint density at radius 3 is 0.900 bits per heavy atom. The van der Waals surface area contributed by atoms with Gasteiger partial charge in [0.25, 0.3) is 0 Å². The number of benzene rings is 9. The van der Waals surface area contributed by atoms with Crippen LogP contribution < -0.4 is 0 Å². The van der Waals surface area contributed by atoms with Crippen LogP contribution in [0, 0.1) is 0 Å². The van der Waals surface area contributed by atoms with Gasteiger partial charge < -0.3 is 26.5 Å². The normalized spacial score (nSPS) is 12.7. The van der Waals surface area contributed by atoms with E-state index in [-0.39, 0.29) is 0 Å². The fraction of sp³-hybridized carbons (Fsp3) is 0. The van der Waals surface area contributed by atoms with Crippen LogP contribution in [0.5, 0.6) is 0 Å². The lowest BCUT2D eigenvalue weighted by atomic mass is 9.99. The SMILES string of the molecule is c1ccc2c(c1)oc1c2ccc2oc3ccc(-c4ccc5oc6c(ccc7oc8ccc(-c9ccc%10oc%11ccc%12c%13ccccc%13oc%12c%11c%10c9)cc8c76)c5c4)cc3c21. The topological polar surface area (TPSA) is 78.8 Å². The zero-order valence-electron chi connectivity index (χ0n) is 31.5. The zero-order chi connectivity index (χ0) is 38.8. The molecule has 0 aliphatic rings. The van der Waals surface area contributed by atoms with Crippen molar-refractivity contribution in [1.82, 2.24) is 0 Å². The molecule has 0 radical (unpaired) electrons. The van der Waals surface area contributed by atoms with Crippen LogP contribution in [0.15, 0.2) is 184 Å². The number of rotatable bonds is 2. The summed E-state index contributed by atoms with van der Waals surface area (Å²) in [5.74, 6) is 0. The van der Waals surface area contributed by atoms with Crippen LogP contribution in [0.4, 0.5) is 0 Å². The predicted octanol–water partition coefficient (Wildman–Crippen LogP) is 16.4. The molecule has 0 aliphatic carbocycles. The molecule has 6 heterocycles. The van der Waals surface area contributed by atoms with E-state index in [0.29, 0.717) is 0 Å². The number of para-hydroxylation sites is 2. The first-order valence-electron chi connectivity index (χ1n) is 20.0. The van der Waals surface area contributed by atoms with Gasteiger partial charge in [-0.15, -0.1) is 0 Å². The third-order valence-electron chi connectivity index (χ3n) is 12.7. The van der Waals surface area contributed by atoms with Crippen molar-refractivity contribution in [2.75, 3.05) is 0 Å². The van der Waals surface area contributed by atoms with Crippen LogP contribution in [0.2, 0.25) is 0 Å². The Morgan fingerprint density at radius 2 is 0.500 bits per heavy atom. The number of fused-ring (bicyclic) bond motifs is 21. The molecule has 0 unspecified atom stereocenters. The maximum absolute atomic E-state index is 6.71. The molecule has 6 aromatic heterocycles. The molecule has 60 heavy (non-hydrogen) atoms. The second-order valence-electron chi connectivity index (χ2n) is 15.9. The average Bonchev–Trinajstić information content (AvgIpc) is 4.14. The van der Waals surface area contributed by atoms with Gasteiger partial charge in [0.15, 0.2) is 0 Å². The van der Waals surface area contributed by atoms with Gasteiger partial charge >= 0.3 is 0 Å². The molecule has 15 aromatic rings. The highest BCUT2D eigenvalue weighted by atomic mass is 16.4. The minimum absolute atomic E-state index is 0.784. The van der Waals surface area contributed by atoms with Gasteiger partial charge in [-0.3, -0.25) is 0 Å². The molecule has 6 nitrogen and oxygen atoms in total. The summed E-state index contributed by atoms with van der Waals surface area (Å²) < 4.78 is 38.7. The zero-order valence-corrected chi connectivity index (χ0v) is 31.5. The molecule has 15 rings (SSSR count). The predicted molar refractivity (Wildman–Crippen MR) is 241 cm³/mol. The van der Waals surface area contributed by atoms with E-state index in [4.69, 9.17) is 26.5 Å². The van der Waals surface area contributed by atoms with Crippen molar-refractivity contribution in [3.63, 3.8) is 0 Å². The number of furan rings is 6. The third kappa shape index (κ3) is 3.97. The van der Waals surface area contributed by atoms with Gasteiger partial charge in [-0.1, -0.05) is 60.7 Å². The van der Waals surface area contributed by atoms with Crippen LogP contribution in [0.25, 0.3) is 154 Å². The molecule has 278 valence electrons. The Bertz CT molecular complexity index is 4370. The Balaban J connectivity index is 0.882. The van der Waals surface area contributed by atoms with E-state index in [1.165, 1.54) is 0 Å². The van der Waals surface area contributed by atoms with Gasteiger partial charge in [0, 0.05) is 48.5 Å². The van der Waals surface area contributed by atoms with E-state index in [2.05, 4.69) is 109 Å². The van der Waals surface area contributed by atoms with Gasteiger partial charge in [0.2, 0.25) is 0 Å². The number of hydrogen-bond acceptors (Lipinski definition) is 6. The Labute approximate surface area is 336 Å².